The van der Waals surface area contributed by atoms with Gasteiger partial charge in [0.2, 0.25) is 0 Å². The summed E-state index contributed by atoms with van der Waals surface area (Å²) in [5.41, 5.74) is 3.28. The van der Waals surface area contributed by atoms with Crippen molar-refractivity contribution in [1.82, 2.24) is 9.97 Å². The average Bonchev–Trinajstić information content (AvgIpc) is 3.21. The Kier molecular flexibility index (Phi) is 6.13. The van der Waals surface area contributed by atoms with Crippen molar-refractivity contribution in [3.05, 3.63) is 78.1 Å². The van der Waals surface area contributed by atoms with Gasteiger partial charge in [-0.25, -0.2) is 4.98 Å². The minimum absolute atomic E-state index is 0.111. The third-order valence-electron chi connectivity index (χ3n) is 4.81. The molecular formula is C24H24N4O2S. The van der Waals surface area contributed by atoms with E-state index in [1.807, 2.05) is 86.6 Å². The molecular weight excluding hydrogens is 408 g/mol. The van der Waals surface area contributed by atoms with Crippen LogP contribution in [-0.2, 0) is 6.54 Å². The summed E-state index contributed by atoms with van der Waals surface area (Å²) in [5, 5.41) is 0.635. The van der Waals surface area contributed by atoms with E-state index in [2.05, 4.69) is 4.98 Å². The molecule has 0 bridgehead atoms. The zero-order valence-corrected chi connectivity index (χ0v) is 18.6. The van der Waals surface area contributed by atoms with Gasteiger partial charge in [0.15, 0.2) is 5.13 Å². The van der Waals surface area contributed by atoms with Crippen molar-refractivity contribution in [3.63, 3.8) is 0 Å². The van der Waals surface area contributed by atoms with Gasteiger partial charge in [-0.2, -0.15) is 0 Å². The molecule has 6 nitrogen and oxygen atoms in total. The zero-order chi connectivity index (χ0) is 21.8. The summed E-state index contributed by atoms with van der Waals surface area (Å²) in [6, 6.07) is 19.1. The topological polar surface area (TPSA) is 58.6 Å². The molecule has 0 atom stereocenters. The summed E-state index contributed by atoms with van der Waals surface area (Å²) in [7, 11) is 3.95. The lowest BCUT2D eigenvalue weighted by molar-refractivity contribution is 0.0985. The predicted octanol–water partition coefficient (Wildman–Crippen LogP) is 5.00. The summed E-state index contributed by atoms with van der Waals surface area (Å²) < 4.78 is 6.59. The molecule has 31 heavy (non-hydrogen) atoms. The third kappa shape index (κ3) is 4.67. The van der Waals surface area contributed by atoms with Gasteiger partial charge in [-0.1, -0.05) is 17.4 Å². The van der Waals surface area contributed by atoms with Crippen molar-refractivity contribution < 1.29 is 9.53 Å². The first-order valence-electron chi connectivity index (χ1n) is 10.1. The fraction of sp³-hybridized carbons (Fsp3) is 0.208. The molecule has 4 aromatic rings. The number of carbonyl (C=O) groups is 1. The minimum Gasteiger partial charge on any atom is -0.494 e. The van der Waals surface area contributed by atoms with E-state index in [1.54, 1.807) is 11.1 Å². The fourth-order valence-electron chi connectivity index (χ4n) is 3.20. The van der Waals surface area contributed by atoms with Crippen LogP contribution < -0.4 is 14.5 Å². The van der Waals surface area contributed by atoms with E-state index in [4.69, 9.17) is 9.72 Å². The number of amides is 1. The molecule has 2 aromatic carbocycles. The molecule has 7 heteroatoms. The highest BCUT2D eigenvalue weighted by molar-refractivity contribution is 7.22. The van der Waals surface area contributed by atoms with Gasteiger partial charge in [0, 0.05) is 31.5 Å². The third-order valence-corrected chi connectivity index (χ3v) is 5.85. The Hall–Kier alpha value is -3.45. The second-order valence-corrected chi connectivity index (χ2v) is 8.22. The molecule has 4 rings (SSSR count). The lowest BCUT2D eigenvalue weighted by Crippen LogP contribution is -2.30. The second kappa shape index (κ2) is 9.14. The lowest BCUT2D eigenvalue weighted by atomic mass is 10.1. The number of pyridine rings is 1. The fourth-order valence-corrected chi connectivity index (χ4v) is 4.19. The summed E-state index contributed by atoms with van der Waals surface area (Å²) >= 11 is 1.47. The van der Waals surface area contributed by atoms with Gasteiger partial charge >= 0.3 is 0 Å². The van der Waals surface area contributed by atoms with Crippen molar-refractivity contribution in [2.45, 2.75) is 13.5 Å². The molecule has 0 aliphatic heterocycles. The van der Waals surface area contributed by atoms with E-state index in [1.165, 1.54) is 11.3 Å². The van der Waals surface area contributed by atoms with Gasteiger partial charge in [-0.3, -0.25) is 14.7 Å². The maximum atomic E-state index is 13.5. The molecule has 0 saturated heterocycles. The molecule has 0 N–H and O–H groups in total. The van der Waals surface area contributed by atoms with Crippen LogP contribution >= 0.6 is 11.3 Å². The van der Waals surface area contributed by atoms with Crippen LogP contribution in [0.1, 0.15) is 23.0 Å². The van der Waals surface area contributed by atoms with E-state index < -0.39 is 0 Å². The summed E-state index contributed by atoms with van der Waals surface area (Å²) in [4.78, 5) is 26.3. The van der Waals surface area contributed by atoms with Crippen molar-refractivity contribution in [1.29, 1.82) is 0 Å². The van der Waals surface area contributed by atoms with Gasteiger partial charge < -0.3 is 9.64 Å². The normalized spacial score (nSPS) is 10.8. The standard InChI is InChI=1S/C24H24N4O2S/c1-4-30-20-12-13-21-22(15-20)31-24(26-21)28(16-18-7-5-6-14-25-18)23(29)17-8-10-19(11-9-17)27(2)3/h5-15H,4,16H2,1-3H3. The number of carbonyl (C=O) groups excluding carboxylic acids is 1. The van der Waals surface area contributed by atoms with Crippen LogP contribution in [0.5, 0.6) is 5.75 Å². The van der Waals surface area contributed by atoms with E-state index in [9.17, 15) is 4.79 Å². The maximum absolute atomic E-state index is 13.5. The first kappa shape index (κ1) is 20.8. The first-order valence-corrected chi connectivity index (χ1v) is 10.9. The number of hydrogen-bond donors (Lipinski definition) is 0. The van der Waals surface area contributed by atoms with Crippen LogP contribution in [-0.4, -0.2) is 36.6 Å². The Morgan fingerprint density at radius 3 is 2.55 bits per heavy atom. The van der Waals surface area contributed by atoms with Crippen molar-refractivity contribution in [2.24, 2.45) is 0 Å². The number of rotatable bonds is 7. The number of benzene rings is 2. The van der Waals surface area contributed by atoms with Gasteiger partial charge in [-0.05, 0) is 61.5 Å². The molecule has 0 unspecified atom stereocenters. The molecule has 0 spiro atoms. The molecule has 0 saturated carbocycles. The number of fused-ring (bicyclic) bond motifs is 1. The Bertz CT molecular complexity index is 1170. The monoisotopic (exact) mass is 432 g/mol. The van der Waals surface area contributed by atoms with Crippen LogP contribution in [0.25, 0.3) is 10.2 Å². The molecule has 0 radical (unpaired) electrons. The summed E-state index contributed by atoms with van der Waals surface area (Å²) in [5.74, 6) is 0.687. The predicted molar refractivity (Wildman–Crippen MR) is 126 cm³/mol. The van der Waals surface area contributed by atoms with Crippen molar-refractivity contribution in [3.8, 4) is 5.75 Å². The highest BCUT2D eigenvalue weighted by atomic mass is 32.1. The SMILES string of the molecule is CCOc1ccc2nc(N(Cc3ccccn3)C(=O)c3ccc(N(C)C)cc3)sc2c1. The quantitative estimate of drug-likeness (QED) is 0.411. The molecule has 0 fully saturated rings. The summed E-state index contributed by atoms with van der Waals surface area (Å²) in [6.45, 7) is 2.90. The maximum Gasteiger partial charge on any atom is 0.260 e. The lowest BCUT2D eigenvalue weighted by Gasteiger charge is -2.20. The highest BCUT2D eigenvalue weighted by Crippen LogP contribution is 2.33. The molecule has 0 aliphatic rings. The molecule has 1 amide bonds. The van der Waals surface area contributed by atoms with Gasteiger partial charge in [0.05, 0.1) is 29.1 Å². The molecule has 0 aliphatic carbocycles. The number of nitrogens with zero attached hydrogens (tertiary/aromatic N) is 4. The number of hydrogen-bond acceptors (Lipinski definition) is 6. The van der Waals surface area contributed by atoms with Gasteiger partial charge in [0.1, 0.15) is 5.75 Å². The van der Waals surface area contributed by atoms with E-state index in [-0.39, 0.29) is 5.91 Å². The van der Waals surface area contributed by atoms with Crippen LogP contribution in [0.4, 0.5) is 10.8 Å². The van der Waals surface area contributed by atoms with Crippen LogP contribution in [0.15, 0.2) is 66.9 Å². The van der Waals surface area contributed by atoms with Gasteiger partial charge in [0.25, 0.3) is 5.91 Å². The van der Waals surface area contributed by atoms with Crippen LogP contribution in [0.3, 0.4) is 0 Å². The Balaban J connectivity index is 1.71. The zero-order valence-electron chi connectivity index (χ0n) is 17.8. The highest BCUT2D eigenvalue weighted by Gasteiger charge is 2.22. The molecule has 2 aromatic heterocycles. The average molecular weight is 433 g/mol. The van der Waals surface area contributed by atoms with E-state index in [0.717, 1.165) is 27.3 Å². The summed E-state index contributed by atoms with van der Waals surface area (Å²) in [6.07, 6.45) is 1.73. The number of aromatic nitrogens is 2. The van der Waals surface area contributed by atoms with E-state index >= 15 is 0 Å². The number of thiazole rings is 1. The largest absolute Gasteiger partial charge is 0.494 e. The van der Waals surface area contributed by atoms with Crippen molar-refractivity contribution in [2.75, 3.05) is 30.5 Å². The number of anilines is 2. The first-order chi connectivity index (χ1) is 15.0. The smallest absolute Gasteiger partial charge is 0.260 e. The van der Waals surface area contributed by atoms with Crippen LogP contribution in [0, 0.1) is 0 Å². The van der Waals surface area contributed by atoms with Gasteiger partial charge in [-0.15, -0.1) is 0 Å². The Morgan fingerprint density at radius 2 is 1.87 bits per heavy atom. The molecule has 158 valence electrons. The molecule has 2 heterocycles. The minimum atomic E-state index is -0.111. The Morgan fingerprint density at radius 1 is 1.06 bits per heavy atom. The van der Waals surface area contributed by atoms with E-state index in [0.29, 0.717) is 23.8 Å². The second-order valence-electron chi connectivity index (χ2n) is 7.21. The Labute approximate surface area is 185 Å². The van der Waals surface area contributed by atoms with Crippen LogP contribution in [0.2, 0.25) is 0 Å². The van der Waals surface area contributed by atoms with Crippen molar-refractivity contribution >= 4 is 38.3 Å². The number of ether oxygens (including phenoxy) is 1.